The van der Waals surface area contributed by atoms with Crippen LogP contribution in [0, 0.1) is 11.7 Å². The van der Waals surface area contributed by atoms with Crippen molar-refractivity contribution in [2.45, 2.75) is 37.7 Å². The van der Waals surface area contributed by atoms with Gasteiger partial charge in [-0.05, 0) is 43.4 Å². The van der Waals surface area contributed by atoms with E-state index >= 15 is 0 Å². The summed E-state index contributed by atoms with van der Waals surface area (Å²) in [4.78, 5) is 12.1. The van der Waals surface area contributed by atoms with Crippen molar-refractivity contribution < 1.29 is 18.1 Å². The molecule has 0 radical (unpaired) electrons. The number of allylic oxidation sites excluding steroid dienone is 1. The average molecular weight is 359 g/mol. The van der Waals surface area contributed by atoms with E-state index in [0.29, 0.717) is 17.6 Å². The number of hydrogen-bond donors (Lipinski definition) is 0. The van der Waals surface area contributed by atoms with Crippen LogP contribution in [0.15, 0.2) is 29.8 Å². The largest absolute Gasteiger partial charge is 0.463 e. The van der Waals surface area contributed by atoms with Crippen LogP contribution < -0.4 is 0 Å². The predicted molar refractivity (Wildman–Crippen MR) is 90.2 cm³/mol. The molecular formula is C17H20ClFO3S. The highest BCUT2D eigenvalue weighted by Crippen LogP contribution is 2.30. The second kappa shape index (κ2) is 8.06. The fourth-order valence-corrected chi connectivity index (χ4v) is 4.58. The molecule has 3 nitrogen and oxygen atoms in total. The molecule has 1 aromatic rings. The first kappa shape index (κ1) is 18.1. The van der Waals surface area contributed by atoms with Gasteiger partial charge >= 0.3 is 5.97 Å². The van der Waals surface area contributed by atoms with E-state index in [9.17, 15) is 13.4 Å². The van der Waals surface area contributed by atoms with Crippen LogP contribution in [-0.2, 0) is 26.1 Å². The van der Waals surface area contributed by atoms with Gasteiger partial charge in [0.15, 0.2) is 0 Å². The molecular weight excluding hydrogens is 339 g/mol. The van der Waals surface area contributed by atoms with Crippen molar-refractivity contribution in [3.63, 3.8) is 0 Å². The third kappa shape index (κ3) is 4.64. The number of halogens is 2. The lowest BCUT2D eigenvalue weighted by atomic mass is 9.91. The van der Waals surface area contributed by atoms with E-state index in [1.54, 1.807) is 6.92 Å². The maximum atomic E-state index is 13.1. The van der Waals surface area contributed by atoms with Gasteiger partial charge in [-0.3, -0.25) is 4.21 Å². The number of carbonyl (C=O) groups is 1. The van der Waals surface area contributed by atoms with E-state index in [2.05, 4.69) is 0 Å². The third-order valence-corrected chi connectivity index (χ3v) is 5.91. The summed E-state index contributed by atoms with van der Waals surface area (Å²) in [5, 5.41) is -0.115. The highest BCUT2D eigenvalue weighted by molar-refractivity contribution is 7.85. The molecule has 126 valence electrons. The SMILES string of the molecule is CCOC(=O)C1=CC(C)CCC1S(=O)Cc1ccc(F)cc1Cl. The van der Waals surface area contributed by atoms with E-state index in [0.717, 1.165) is 6.42 Å². The normalized spacial score (nSPS) is 22.3. The summed E-state index contributed by atoms with van der Waals surface area (Å²) in [6, 6.07) is 4.04. The van der Waals surface area contributed by atoms with Crippen LogP contribution in [0.3, 0.4) is 0 Å². The molecule has 0 heterocycles. The summed E-state index contributed by atoms with van der Waals surface area (Å²) < 4.78 is 30.9. The summed E-state index contributed by atoms with van der Waals surface area (Å²) in [6.07, 6.45) is 3.39. The summed E-state index contributed by atoms with van der Waals surface area (Å²) in [5.74, 6) is -0.377. The highest BCUT2D eigenvalue weighted by atomic mass is 35.5. The van der Waals surface area contributed by atoms with Crippen molar-refractivity contribution in [2.75, 3.05) is 6.61 Å². The van der Waals surface area contributed by atoms with Gasteiger partial charge < -0.3 is 4.74 Å². The molecule has 1 aromatic carbocycles. The molecule has 0 aliphatic heterocycles. The monoisotopic (exact) mass is 358 g/mol. The van der Waals surface area contributed by atoms with Gasteiger partial charge in [-0.15, -0.1) is 0 Å². The van der Waals surface area contributed by atoms with Gasteiger partial charge in [0.05, 0.1) is 17.6 Å². The first-order chi connectivity index (χ1) is 10.9. The van der Waals surface area contributed by atoms with Crippen LogP contribution in [0.4, 0.5) is 4.39 Å². The van der Waals surface area contributed by atoms with Crippen LogP contribution in [0.25, 0.3) is 0 Å². The van der Waals surface area contributed by atoms with Gasteiger partial charge in [0.1, 0.15) is 5.82 Å². The van der Waals surface area contributed by atoms with Crippen molar-refractivity contribution in [2.24, 2.45) is 5.92 Å². The van der Waals surface area contributed by atoms with Crippen molar-refractivity contribution in [1.29, 1.82) is 0 Å². The molecule has 1 aliphatic carbocycles. The van der Waals surface area contributed by atoms with Crippen molar-refractivity contribution in [3.8, 4) is 0 Å². The second-order valence-corrected chi connectivity index (χ2v) is 7.67. The Kier molecular flexibility index (Phi) is 6.36. The Morgan fingerprint density at radius 2 is 2.17 bits per heavy atom. The minimum atomic E-state index is -1.32. The number of benzene rings is 1. The lowest BCUT2D eigenvalue weighted by Crippen LogP contribution is -2.29. The average Bonchev–Trinajstić information content (AvgIpc) is 2.50. The number of carbonyl (C=O) groups excluding carboxylic acids is 1. The van der Waals surface area contributed by atoms with Crippen LogP contribution >= 0.6 is 11.6 Å². The minimum absolute atomic E-state index is 0.189. The van der Waals surface area contributed by atoms with E-state index < -0.39 is 22.6 Å². The van der Waals surface area contributed by atoms with Gasteiger partial charge in [0, 0.05) is 21.4 Å². The fraction of sp³-hybridized carbons (Fsp3) is 0.471. The molecule has 0 saturated heterocycles. The molecule has 0 fully saturated rings. The quantitative estimate of drug-likeness (QED) is 0.747. The lowest BCUT2D eigenvalue weighted by molar-refractivity contribution is -0.138. The van der Waals surface area contributed by atoms with Crippen LogP contribution in [0.2, 0.25) is 5.02 Å². The number of ether oxygens (including phenoxy) is 1. The Hall–Kier alpha value is -1.20. The van der Waals surface area contributed by atoms with E-state index in [1.807, 2.05) is 13.0 Å². The van der Waals surface area contributed by atoms with Crippen molar-refractivity contribution in [1.82, 2.24) is 0 Å². The zero-order chi connectivity index (χ0) is 17.0. The molecule has 0 bridgehead atoms. The van der Waals surface area contributed by atoms with Gasteiger partial charge in [-0.1, -0.05) is 30.7 Å². The molecule has 0 aromatic heterocycles. The van der Waals surface area contributed by atoms with Gasteiger partial charge in [0.2, 0.25) is 0 Å². The van der Waals surface area contributed by atoms with Crippen LogP contribution in [-0.4, -0.2) is 22.0 Å². The predicted octanol–water partition coefficient (Wildman–Crippen LogP) is 4.02. The van der Waals surface area contributed by atoms with Crippen molar-refractivity contribution in [3.05, 3.63) is 46.3 Å². The molecule has 0 amide bonds. The molecule has 3 atom stereocenters. The molecule has 3 unspecified atom stereocenters. The summed E-state index contributed by atoms with van der Waals surface area (Å²) in [5.41, 5.74) is 1.11. The molecule has 2 rings (SSSR count). The number of esters is 1. The molecule has 0 spiro atoms. The third-order valence-electron chi connectivity index (χ3n) is 3.84. The molecule has 6 heteroatoms. The first-order valence-electron chi connectivity index (χ1n) is 7.62. The summed E-state index contributed by atoms with van der Waals surface area (Å²) in [6.45, 7) is 4.05. The first-order valence-corrected chi connectivity index (χ1v) is 9.38. The van der Waals surface area contributed by atoms with Gasteiger partial charge in [0.25, 0.3) is 0 Å². The Bertz CT molecular complexity index is 645. The second-order valence-electron chi connectivity index (χ2n) is 5.65. The van der Waals surface area contributed by atoms with Gasteiger partial charge in [-0.25, -0.2) is 9.18 Å². The number of hydrogen-bond acceptors (Lipinski definition) is 3. The Balaban J connectivity index is 2.19. The highest BCUT2D eigenvalue weighted by Gasteiger charge is 2.31. The smallest absolute Gasteiger partial charge is 0.334 e. The Labute approximate surface area is 143 Å². The summed E-state index contributed by atoms with van der Waals surface area (Å²) in [7, 11) is -1.32. The fourth-order valence-electron chi connectivity index (χ4n) is 2.65. The van der Waals surface area contributed by atoms with E-state index in [4.69, 9.17) is 16.3 Å². The van der Waals surface area contributed by atoms with E-state index in [-0.39, 0.29) is 28.6 Å². The zero-order valence-corrected chi connectivity index (χ0v) is 14.8. The molecule has 0 saturated carbocycles. The van der Waals surface area contributed by atoms with E-state index in [1.165, 1.54) is 18.2 Å². The summed E-state index contributed by atoms with van der Waals surface area (Å²) >= 11 is 6.00. The molecule has 1 aliphatic rings. The maximum Gasteiger partial charge on any atom is 0.334 e. The standard InChI is InChI=1S/C17H20ClFO3S/c1-3-22-17(20)14-8-11(2)4-7-16(14)23(21)10-12-5-6-13(19)9-15(12)18/h5-6,8-9,11,16H,3-4,7,10H2,1-2H3. The van der Waals surface area contributed by atoms with Crippen molar-refractivity contribution >= 4 is 28.4 Å². The Morgan fingerprint density at radius 1 is 1.43 bits per heavy atom. The minimum Gasteiger partial charge on any atom is -0.463 e. The van der Waals surface area contributed by atoms with Crippen LogP contribution in [0.5, 0.6) is 0 Å². The Morgan fingerprint density at radius 3 is 2.83 bits per heavy atom. The molecule has 0 N–H and O–H groups in total. The zero-order valence-electron chi connectivity index (χ0n) is 13.2. The van der Waals surface area contributed by atoms with Gasteiger partial charge in [-0.2, -0.15) is 0 Å². The lowest BCUT2D eigenvalue weighted by Gasteiger charge is -2.25. The topological polar surface area (TPSA) is 43.4 Å². The maximum absolute atomic E-state index is 13.1. The number of rotatable bonds is 5. The van der Waals surface area contributed by atoms with Crippen LogP contribution in [0.1, 0.15) is 32.3 Å². The molecule has 23 heavy (non-hydrogen) atoms.